The summed E-state index contributed by atoms with van der Waals surface area (Å²) < 4.78 is 16.8. The highest BCUT2D eigenvalue weighted by molar-refractivity contribution is 5.82. The second-order valence-corrected chi connectivity index (χ2v) is 11.8. The van der Waals surface area contributed by atoms with Crippen molar-refractivity contribution in [1.29, 1.82) is 0 Å². The topological polar surface area (TPSA) is 190 Å². The summed E-state index contributed by atoms with van der Waals surface area (Å²) in [6.45, 7) is 0.0558. The Morgan fingerprint density at radius 3 is 1.45 bits per heavy atom. The molecule has 2 aromatic rings. The molecule has 3 heterocycles. The number of benzene rings is 2. The molecular weight excluding hydrogens is 572 g/mol. The zero-order chi connectivity index (χ0) is 31.2. The predicted octanol–water partition coefficient (Wildman–Crippen LogP) is -1.85. The van der Waals surface area contributed by atoms with Crippen molar-refractivity contribution in [2.75, 3.05) is 26.4 Å². The van der Waals surface area contributed by atoms with Gasteiger partial charge in [-0.05, 0) is 59.4 Å². The molecule has 11 nitrogen and oxygen atoms in total. The first kappa shape index (κ1) is 31.1. The average molecular weight is 609 g/mol. The van der Waals surface area contributed by atoms with Crippen LogP contribution in [0.25, 0.3) is 11.1 Å². The SMILES string of the molecule is OC[C@H]1O[C@H](C#Cc2ccc3c(c2)C2(CCOCC2)c2cc(C#C[C@H]4O[C@H](CO)[C@@H](O)[C@H](O)[C@@H]4O)ccc2-3)[C@@H](O)[C@@H](O)[C@@H]1O. The van der Waals surface area contributed by atoms with Gasteiger partial charge in [0, 0.05) is 29.8 Å². The molecule has 0 bridgehead atoms. The molecule has 6 rings (SSSR count). The molecule has 2 aromatic carbocycles. The zero-order valence-electron chi connectivity index (χ0n) is 23.8. The Bertz CT molecular complexity index is 1390. The van der Waals surface area contributed by atoms with Crippen LogP contribution < -0.4 is 0 Å². The molecule has 3 saturated heterocycles. The molecule has 44 heavy (non-hydrogen) atoms. The van der Waals surface area contributed by atoms with E-state index in [-0.39, 0.29) is 5.41 Å². The molecule has 0 aromatic heterocycles. The maximum absolute atomic E-state index is 10.4. The minimum Gasteiger partial charge on any atom is -0.394 e. The summed E-state index contributed by atoms with van der Waals surface area (Å²) in [6.07, 6.45) is -11.6. The van der Waals surface area contributed by atoms with Gasteiger partial charge in [-0.3, -0.25) is 0 Å². The summed E-state index contributed by atoms with van der Waals surface area (Å²) in [5.74, 6) is 11.8. The predicted molar refractivity (Wildman–Crippen MR) is 154 cm³/mol. The van der Waals surface area contributed by atoms with Gasteiger partial charge in [-0.25, -0.2) is 0 Å². The molecule has 3 aliphatic heterocycles. The summed E-state index contributed by atoms with van der Waals surface area (Å²) in [5, 5.41) is 80.1. The van der Waals surface area contributed by atoms with E-state index in [1.54, 1.807) is 0 Å². The number of aliphatic hydroxyl groups excluding tert-OH is 8. The molecule has 10 atom stereocenters. The van der Waals surface area contributed by atoms with Gasteiger partial charge in [-0.2, -0.15) is 0 Å². The lowest BCUT2D eigenvalue weighted by molar-refractivity contribution is -0.214. The normalized spacial score (nSPS) is 35.5. The molecule has 1 spiro atoms. The molecule has 4 aliphatic rings. The quantitative estimate of drug-likeness (QED) is 0.179. The fraction of sp³-hybridized carbons (Fsp3) is 0.515. The molecule has 0 radical (unpaired) electrons. The van der Waals surface area contributed by atoms with Crippen LogP contribution in [0.5, 0.6) is 0 Å². The van der Waals surface area contributed by atoms with E-state index in [9.17, 15) is 40.9 Å². The molecule has 234 valence electrons. The van der Waals surface area contributed by atoms with Crippen LogP contribution in [0.1, 0.15) is 35.1 Å². The van der Waals surface area contributed by atoms with Gasteiger partial charge in [0.15, 0.2) is 0 Å². The van der Waals surface area contributed by atoms with Crippen molar-refractivity contribution < 1.29 is 55.1 Å². The summed E-state index contributed by atoms with van der Waals surface area (Å²) in [4.78, 5) is 0. The van der Waals surface area contributed by atoms with Crippen molar-refractivity contribution in [2.45, 2.75) is 79.3 Å². The first-order chi connectivity index (χ1) is 21.2. The van der Waals surface area contributed by atoms with Crippen LogP contribution >= 0.6 is 0 Å². The third-order valence-corrected chi connectivity index (χ3v) is 9.21. The lowest BCUT2D eigenvalue weighted by Gasteiger charge is -2.37. The maximum Gasteiger partial charge on any atom is 0.147 e. The van der Waals surface area contributed by atoms with Crippen molar-refractivity contribution >= 4 is 0 Å². The molecule has 3 fully saturated rings. The number of fused-ring (bicyclic) bond motifs is 5. The molecule has 1 aliphatic carbocycles. The molecule has 8 N–H and O–H groups in total. The highest BCUT2D eigenvalue weighted by atomic mass is 16.5. The molecule has 0 saturated carbocycles. The number of ether oxygens (including phenoxy) is 3. The molecular formula is C33H36O11. The van der Waals surface area contributed by atoms with Gasteiger partial charge in [0.2, 0.25) is 0 Å². The second kappa shape index (κ2) is 12.5. The third kappa shape index (κ3) is 5.35. The third-order valence-electron chi connectivity index (χ3n) is 9.21. The summed E-state index contributed by atoms with van der Waals surface area (Å²) in [7, 11) is 0. The van der Waals surface area contributed by atoms with Crippen molar-refractivity contribution in [3.63, 3.8) is 0 Å². The van der Waals surface area contributed by atoms with Crippen LogP contribution in [0.2, 0.25) is 0 Å². The van der Waals surface area contributed by atoms with Crippen LogP contribution in [0.4, 0.5) is 0 Å². The lowest BCUT2D eigenvalue weighted by Crippen LogP contribution is -2.58. The van der Waals surface area contributed by atoms with Gasteiger partial charge in [0.1, 0.15) is 61.0 Å². The van der Waals surface area contributed by atoms with Crippen molar-refractivity contribution in [2.24, 2.45) is 0 Å². The van der Waals surface area contributed by atoms with E-state index in [1.165, 1.54) is 0 Å². The Hall–Kier alpha value is -2.88. The van der Waals surface area contributed by atoms with E-state index in [0.29, 0.717) is 24.3 Å². The fourth-order valence-corrected chi connectivity index (χ4v) is 6.66. The number of hydrogen-bond acceptors (Lipinski definition) is 11. The Morgan fingerprint density at radius 1 is 0.614 bits per heavy atom. The van der Waals surface area contributed by atoms with Crippen LogP contribution in [0.15, 0.2) is 36.4 Å². The van der Waals surface area contributed by atoms with Crippen molar-refractivity contribution in [3.8, 4) is 34.8 Å². The van der Waals surface area contributed by atoms with Gasteiger partial charge in [0.25, 0.3) is 0 Å². The van der Waals surface area contributed by atoms with Crippen LogP contribution in [-0.4, -0.2) is 128 Å². The fourth-order valence-electron chi connectivity index (χ4n) is 6.66. The van der Waals surface area contributed by atoms with Crippen molar-refractivity contribution in [3.05, 3.63) is 58.7 Å². The highest BCUT2D eigenvalue weighted by Crippen LogP contribution is 2.54. The van der Waals surface area contributed by atoms with Crippen molar-refractivity contribution in [1.82, 2.24) is 0 Å². The van der Waals surface area contributed by atoms with E-state index in [1.807, 2.05) is 36.4 Å². The zero-order valence-corrected chi connectivity index (χ0v) is 23.8. The first-order valence-corrected chi connectivity index (χ1v) is 14.7. The highest BCUT2D eigenvalue weighted by Gasteiger charge is 2.46. The molecule has 0 amide bonds. The van der Waals surface area contributed by atoms with Gasteiger partial charge in [-0.1, -0.05) is 35.8 Å². The molecule has 11 heteroatoms. The minimum atomic E-state index is -1.50. The Labute approximate surface area is 254 Å². The minimum absolute atomic E-state index is 0.370. The standard InChI is InChI=1S/C33H36O11/c34-15-25-29(38)31(40)27(36)23(43-25)7-3-17-1-5-19-20-6-2-18(4-8-24-28(37)32(41)30(39)26(16-35)44-24)14-22(20)33(21(19)13-17)9-11-42-12-10-33/h1-2,5-6,13-14,23-32,34-41H,9-12,15-16H2/t23-,24-,25-,26-,27-,28-,29-,30-,31-,32-/m1/s1. The van der Waals surface area contributed by atoms with Gasteiger partial charge in [0.05, 0.1) is 13.2 Å². The maximum atomic E-state index is 10.4. The van der Waals surface area contributed by atoms with Gasteiger partial charge in [-0.15, -0.1) is 0 Å². The lowest BCUT2D eigenvalue weighted by atomic mass is 9.72. The van der Waals surface area contributed by atoms with Crippen LogP contribution in [0.3, 0.4) is 0 Å². The Morgan fingerprint density at radius 2 is 1.05 bits per heavy atom. The second-order valence-electron chi connectivity index (χ2n) is 11.8. The smallest absolute Gasteiger partial charge is 0.147 e. The molecule has 0 unspecified atom stereocenters. The Kier molecular flexibility index (Phi) is 8.83. The van der Waals surface area contributed by atoms with Crippen LogP contribution in [-0.2, 0) is 19.6 Å². The van der Waals surface area contributed by atoms with E-state index in [4.69, 9.17) is 14.2 Å². The summed E-state index contributed by atoms with van der Waals surface area (Å²) in [5.41, 5.74) is 5.22. The Balaban J connectivity index is 1.31. The monoisotopic (exact) mass is 608 g/mol. The van der Waals surface area contributed by atoms with Gasteiger partial charge >= 0.3 is 0 Å². The largest absolute Gasteiger partial charge is 0.394 e. The van der Waals surface area contributed by atoms with E-state index >= 15 is 0 Å². The van der Waals surface area contributed by atoms with E-state index in [2.05, 4.69) is 23.7 Å². The van der Waals surface area contributed by atoms with Crippen LogP contribution in [0, 0.1) is 23.7 Å². The van der Waals surface area contributed by atoms with E-state index < -0.39 is 74.3 Å². The summed E-state index contributed by atoms with van der Waals surface area (Å²) >= 11 is 0. The first-order valence-electron chi connectivity index (χ1n) is 14.7. The van der Waals surface area contributed by atoms with Gasteiger partial charge < -0.3 is 55.1 Å². The number of hydrogen-bond donors (Lipinski definition) is 8. The van der Waals surface area contributed by atoms with E-state index in [0.717, 1.165) is 35.1 Å². The number of aliphatic hydroxyl groups is 8. The summed E-state index contributed by atoms with van der Waals surface area (Å²) in [6, 6.07) is 11.7. The average Bonchev–Trinajstić information content (AvgIpc) is 3.29. The number of rotatable bonds is 2.